The molecule has 0 aromatic heterocycles. The van der Waals surface area contributed by atoms with Crippen molar-refractivity contribution in [2.75, 3.05) is 0 Å². The van der Waals surface area contributed by atoms with Crippen molar-refractivity contribution in [3.05, 3.63) is 10.1 Å². The smallest absolute Gasteiger partial charge is 0.308 e. The Morgan fingerprint density at radius 3 is 2.00 bits per heavy atom. The van der Waals surface area contributed by atoms with Gasteiger partial charge < -0.3 is 5.11 Å². The number of carboxylic acid groups (broad SMARTS) is 1. The molecule has 0 saturated heterocycles. The lowest BCUT2D eigenvalue weighted by Gasteiger charge is -2.32. The van der Waals surface area contributed by atoms with Gasteiger partial charge in [0.25, 0.3) is 0 Å². The Labute approximate surface area is 121 Å². The van der Waals surface area contributed by atoms with Gasteiger partial charge in [-0.1, -0.05) is 46.4 Å². The number of allylic oxidation sites excluding steroid dienone is 2. The molecule has 0 aromatic carbocycles. The molecule has 0 spiro atoms. The van der Waals surface area contributed by atoms with E-state index in [4.69, 9.17) is 74.7 Å². The SMILES string of the molecule is O=C(O)C1CC2(Cl)C(Cl)=C(Cl)C1(Cl)C2(Cl)Cl. The quantitative estimate of drug-likeness (QED) is 0.732. The summed E-state index contributed by atoms with van der Waals surface area (Å²) in [4.78, 5) is 7.97. The molecule has 2 aliphatic rings. The first-order chi connectivity index (χ1) is 7.10. The van der Waals surface area contributed by atoms with Crippen molar-refractivity contribution in [1.29, 1.82) is 0 Å². The summed E-state index contributed by atoms with van der Waals surface area (Å²) in [7, 11) is 0. The highest BCUT2D eigenvalue weighted by Crippen LogP contribution is 2.74. The van der Waals surface area contributed by atoms with Crippen LogP contribution in [0.15, 0.2) is 10.1 Å². The summed E-state index contributed by atoms with van der Waals surface area (Å²) >= 11 is 36.3. The minimum absolute atomic E-state index is 0.0216. The van der Waals surface area contributed by atoms with Gasteiger partial charge >= 0.3 is 5.97 Å². The molecule has 0 radical (unpaired) electrons. The van der Waals surface area contributed by atoms with Gasteiger partial charge in [-0.2, -0.15) is 0 Å². The maximum absolute atomic E-state index is 11.1. The maximum Gasteiger partial charge on any atom is 0.308 e. The molecule has 0 aromatic rings. The summed E-state index contributed by atoms with van der Waals surface area (Å²) in [6, 6.07) is 0. The molecule has 1 fully saturated rings. The van der Waals surface area contributed by atoms with Crippen molar-refractivity contribution >= 4 is 75.6 Å². The van der Waals surface area contributed by atoms with Gasteiger partial charge in [0.1, 0.15) is 9.75 Å². The van der Waals surface area contributed by atoms with Gasteiger partial charge in [-0.25, -0.2) is 0 Å². The standard InChI is InChI=1S/C8H4Cl6O2/c9-3-4(10)7(12)2(5(15)16)1-6(3,11)8(7,13)14/h2H,1H2,(H,15,16). The van der Waals surface area contributed by atoms with E-state index in [1.807, 2.05) is 0 Å². The van der Waals surface area contributed by atoms with Crippen LogP contribution in [0.3, 0.4) is 0 Å². The fraction of sp³-hybridized carbons (Fsp3) is 0.625. The van der Waals surface area contributed by atoms with Crippen molar-refractivity contribution in [2.45, 2.75) is 20.5 Å². The summed E-state index contributed by atoms with van der Waals surface area (Å²) in [5.74, 6) is -2.23. The first-order valence-corrected chi connectivity index (χ1v) is 6.42. The van der Waals surface area contributed by atoms with Crippen molar-refractivity contribution in [3.63, 3.8) is 0 Å². The van der Waals surface area contributed by atoms with Crippen LogP contribution in [-0.2, 0) is 4.79 Å². The molecule has 2 nitrogen and oxygen atoms in total. The summed E-state index contributed by atoms with van der Waals surface area (Å²) in [5, 5.41) is 9.00. The summed E-state index contributed by atoms with van der Waals surface area (Å²) in [6.07, 6.45) is -0.0601. The first kappa shape index (κ1) is 13.4. The largest absolute Gasteiger partial charge is 0.481 e. The lowest BCUT2D eigenvalue weighted by molar-refractivity contribution is -0.142. The molecular weight excluding hydrogens is 341 g/mol. The highest BCUT2D eigenvalue weighted by molar-refractivity contribution is 6.65. The van der Waals surface area contributed by atoms with E-state index in [-0.39, 0.29) is 16.5 Å². The van der Waals surface area contributed by atoms with Crippen molar-refractivity contribution in [2.24, 2.45) is 5.92 Å². The lowest BCUT2D eigenvalue weighted by atomic mass is 9.92. The molecule has 2 aliphatic carbocycles. The van der Waals surface area contributed by atoms with E-state index in [0.29, 0.717) is 0 Å². The van der Waals surface area contributed by atoms with Crippen molar-refractivity contribution in [1.82, 2.24) is 0 Å². The number of aliphatic carboxylic acids is 1. The zero-order valence-electron chi connectivity index (χ0n) is 7.41. The van der Waals surface area contributed by atoms with Gasteiger partial charge in [0, 0.05) is 0 Å². The predicted molar refractivity (Wildman–Crippen MR) is 66.1 cm³/mol. The lowest BCUT2D eigenvalue weighted by Crippen LogP contribution is -2.45. The van der Waals surface area contributed by atoms with Crippen LogP contribution in [0.25, 0.3) is 0 Å². The van der Waals surface area contributed by atoms with Crippen molar-refractivity contribution < 1.29 is 9.90 Å². The Balaban J connectivity index is 2.69. The van der Waals surface area contributed by atoms with E-state index in [9.17, 15) is 4.79 Å². The molecule has 1 N–H and O–H groups in total. The molecule has 8 heteroatoms. The van der Waals surface area contributed by atoms with E-state index in [1.54, 1.807) is 0 Å². The molecule has 2 bridgehead atoms. The minimum Gasteiger partial charge on any atom is -0.481 e. The Morgan fingerprint density at radius 1 is 1.19 bits per heavy atom. The molecule has 3 atom stereocenters. The number of hydrogen-bond donors (Lipinski definition) is 1. The predicted octanol–water partition coefficient (Wildman–Crippen LogP) is 3.92. The second kappa shape index (κ2) is 3.49. The zero-order chi connectivity index (χ0) is 12.5. The van der Waals surface area contributed by atoms with Crippen molar-refractivity contribution in [3.8, 4) is 0 Å². The summed E-state index contributed by atoms with van der Waals surface area (Å²) in [5.41, 5.74) is 0. The number of alkyl halides is 4. The summed E-state index contributed by atoms with van der Waals surface area (Å²) < 4.78 is -1.75. The molecule has 90 valence electrons. The zero-order valence-corrected chi connectivity index (χ0v) is 11.9. The monoisotopic (exact) mass is 342 g/mol. The van der Waals surface area contributed by atoms with Crippen LogP contribution >= 0.6 is 69.6 Å². The molecule has 0 amide bonds. The Kier molecular flexibility index (Phi) is 2.92. The van der Waals surface area contributed by atoms with Crippen LogP contribution in [0.1, 0.15) is 6.42 Å². The van der Waals surface area contributed by atoms with E-state index in [2.05, 4.69) is 0 Å². The van der Waals surface area contributed by atoms with Gasteiger partial charge in [0.05, 0.1) is 16.0 Å². The van der Waals surface area contributed by atoms with E-state index in [0.717, 1.165) is 0 Å². The number of fused-ring (bicyclic) bond motifs is 2. The number of carbonyl (C=O) groups is 1. The average molecular weight is 345 g/mol. The molecule has 0 aliphatic heterocycles. The second-order valence-electron chi connectivity index (χ2n) is 3.81. The third kappa shape index (κ3) is 1.17. The van der Waals surface area contributed by atoms with Crippen LogP contribution < -0.4 is 0 Å². The fourth-order valence-electron chi connectivity index (χ4n) is 2.17. The van der Waals surface area contributed by atoms with Gasteiger partial charge in [-0.05, 0) is 6.42 Å². The fourth-order valence-corrected chi connectivity index (χ4v) is 4.93. The van der Waals surface area contributed by atoms with Crippen LogP contribution in [0.5, 0.6) is 0 Å². The van der Waals surface area contributed by atoms with E-state index < -0.39 is 26.0 Å². The van der Waals surface area contributed by atoms with Crippen LogP contribution in [-0.4, -0.2) is 25.2 Å². The van der Waals surface area contributed by atoms with Gasteiger partial charge in [0.2, 0.25) is 0 Å². The Morgan fingerprint density at radius 2 is 1.69 bits per heavy atom. The number of rotatable bonds is 1. The molecule has 3 unspecified atom stereocenters. The van der Waals surface area contributed by atoms with Gasteiger partial charge in [0.15, 0.2) is 4.33 Å². The first-order valence-electron chi connectivity index (χ1n) is 4.15. The highest BCUT2D eigenvalue weighted by atomic mass is 35.5. The highest BCUT2D eigenvalue weighted by Gasteiger charge is 2.79. The number of carboxylic acids is 1. The van der Waals surface area contributed by atoms with Gasteiger partial charge in [-0.3, -0.25) is 4.79 Å². The topological polar surface area (TPSA) is 37.3 Å². The van der Waals surface area contributed by atoms with Crippen LogP contribution in [0.4, 0.5) is 0 Å². The van der Waals surface area contributed by atoms with E-state index in [1.165, 1.54) is 0 Å². The Bertz CT molecular complexity index is 419. The molecule has 2 rings (SSSR count). The van der Waals surface area contributed by atoms with E-state index >= 15 is 0 Å². The van der Waals surface area contributed by atoms with Crippen LogP contribution in [0.2, 0.25) is 0 Å². The molecular formula is C8H4Cl6O2. The minimum atomic E-state index is -1.75. The number of hydrogen-bond acceptors (Lipinski definition) is 1. The number of halogens is 6. The molecule has 16 heavy (non-hydrogen) atoms. The third-order valence-corrected chi connectivity index (χ3v) is 7.36. The van der Waals surface area contributed by atoms with Crippen LogP contribution in [0, 0.1) is 5.92 Å². The van der Waals surface area contributed by atoms with Gasteiger partial charge in [-0.15, -0.1) is 23.2 Å². The third-order valence-electron chi connectivity index (χ3n) is 3.08. The molecule has 1 saturated carbocycles. The Hall–Kier alpha value is 0.950. The summed E-state index contributed by atoms with van der Waals surface area (Å²) in [6.45, 7) is 0. The normalized spacial score (nSPS) is 45.2. The molecule has 0 heterocycles. The maximum atomic E-state index is 11.1. The second-order valence-corrected chi connectivity index (χ2v) is 7.13. The average Bonchev–Trinajstić information content (AvgIpc) is 2.39.